The van der Waals surface area contributed by atoms with E-state index < -0.39 is 0 Å². The Hall–Kier alpha value is -4.00. The zero-order valence-corrected chi connectivity index (χ0v) is 17.4. The minimum absolute atomic E-state index is 0.260. The number of anilines is 2. The number of nitrogens with zero attached hydrogens (tertiary/aromatic N) is 5. The number of aromatic nitrogens is 3. The molecule has 0 spiro atoms. The number of amides is 1. The Kier molecular flexibility index (Phi) is 4.45. The molecule has 2 aromatic carbocycles. The van der Waals surface area contributed by atoms with Gasteiger partial charge in [-0.25, -0.2) is 14.8 Å². The lowest BCUT2D eigenvalue weighted by atomic mass is 9.97. The molecule has 1 saturated heterocycles. The van der Waals surface area contributed by atoms with Gasteiger partial charge in [0.2, 0.25) is 0 Å². The SMILES string of the molecule is O=C1OCCN1c1cccc2c1CCN(c1nc(-c3cccnc3)nc3ccccc13)C2. The van der Waals surface area contributed by atoms with Gasteiger partial charge < -0.3 is 9.64 Å². The smallest absolute Gasteiger partial charge is 0.414 e. The third-order valence-corrected chi connectivity index (χ3v) is 6.10. The van der Waals surface area contributed by atoms with E-state index in [-0.39, 0.29) is 6.09 Å². The van der Waals surface area contributed by atoms with Gasteiger partial charge in [0.1, 0.15) is 12.4 Å². The first kappa shape index (κ1) is 18.7. The molecule has 2 aliphatic heterocycles. The van der Waals surface area contributed by atoms with Crippen molar-refractivity contribution in [1.82, 2.24) is 15.0 Å². The molecule has 158 valence electrons. The van der Waals surface area contributed by atoms with Crippen LogP contribution in [0.1, 0.15) is 11.1 Å². The molecule has 0 N–H and O–H groups in total. The Morgan fingerprint density at radius 2 is 1.88 bits per heavy atom. The van der Waals surface area contributed by atoms with E-state index in [1.54, 1.807) is 17.3 Å². The Morgan fingerprint density at radius 3 is 2.72 bits per heavy atom. The summed E-state index contributed by atoms with van der Waals surface area (Å²) in [6, 6.07) is 18.2. The van der Waals surface area contributed by atoms with Crippen molar-refractivity contribution in [2.45, 2.75) is 13.0 Å². The number of ether oxygens (including phenoxy) is 1. The minimum Gasteiger partial charge on any atom is -0.447 e. The fourth-order valence-corrected chi connectivity index (χ4v) is 4.56. The van der Waals surface area contributed by atoms with Crippen LogP contribution in [0.15, 0.2) is 67.0 Å². The number of hydrogen-bond acceptors (Lipinski definition) is 6. The molecule has 1 amide bonds. The highest BCUT2D eigenvalue weighted by Crippen LogP contribution is 2.34. The third-order valence-electron chi connectivity index (χ3n) is 6.10. The second-order valence-corrected chi connectivity index (χ2v) is 7.98. The lowest BCUT2D eigenvalue weighted by molar-refractivity contribution is 0.181. The average Bonchev–Trinajstić information content (AvgIpc) is 3.28. The first-order valence-electron chi connectivity index (χ1n) is 10.7. The van der Waals surface area contributed by atoms with Crippen LogP contribution >= 0.6 is 0 Å². The minimum atomic E-state index is -0.260. The van der Waals surface area contributed by atoms with Crippen molar-refractivity contribution >= 4 is 28.5 Å². The van der Waals surface area contributed by atoms with E-state index in [0.717, 1.165) is 47.5 Å². The maximum Gasteiger partial charge on any atom is 0.414 e. The van der Waals surface area contributed by atoms with Gasteiger partial charge in [-0.1, -0.05) is 24.3 Å². The van der Waals surface area contributed by atoms with E-state index in [1.165, 1.54) is 11.1 Å². The molecule has 4 aromatic rings. The maximum atomic E-state index is 12.1. The fourth-order valence-electron chi connectivity index (χ4n) is 4.56. The van der Waals surface area contributed by atoms with Crippen LogP contribution in [0, 0.1) is 0 Å². The first-order valence-corrected chi connectivity index (χ1v) is 10.7. The Labute approximate surface area is 185 Å². The molecule has 0 saturated carbocycles. The van der Waals surface area contributed by atoms with E-state index in [2.05, 4.69) is 22.0 Å². The van der Waals surface area contributed by atoms with Crippen molar-refractivity contribution < 1.29 is 9.53 Å². The van der Waals surface area contributed by atoms with Gasteiger partial charge in [-0.05, 0) is 47.9 Å². The van der Waals surface area contributed by atoms with Gasteiger partial charge >= 0.3 is 6.09 Å². The van der Waals surface area contributed by atoms with Crippen LogP contribution in [0.25, 0.3) is 22.3 Å². The van der Waals surface area contributed by atoms with Crippen molar-refractivity contribution in [2.75, 3.05) is 29.5 Å². The zero-order chi connectivity index (χ0) is 21.5. The van der Waals surface area contributed by atoms with Gasteiger partial charge in [-0.2, -0.15) is 0 Å². The first-order chi connectivity index (χ1) is 15.8. The highest BCUT2D eigenvalue weighted by atomic mass is 16.6. The summed E-state index contributed by atoms with van der Waals surface area (Å²) in [7, 11) is 0. The lowest BCUT2D eigenvalue weighted by Gasteiger charge is -2.32. The molecule has 0 radical (unpaired) electrons. The highest BCUT2D eigenvalue weighted by molar-refractivity contribution is 5.92. The van der Waals surface area contributed by atoms with Crippen LogP contribution in [0.4, 0.5) is 16.3 Å². The summed E-state index contributed by atoms with van der Waals surface area (Å²) in [4.78, 5) is 30.2. The van der Waals surface area contributed by atoms with Gasteiger partial charge in [0.05, 0.1) is 17.7 Å². The quantitative estimate of drug-likeness (QED) is 0.492. The maximum absolute atomic E-state index is 12.1. The van der Waals surface area contributed by atoms with Gasteiger partial charge in [-0.15, -0.1) is 0 Å². The summed E-state index contributed by atoms with van der Waals surface area (Å²) < 4.78 is 5.16. The van der Waals surface area contributed by atoms with Crippen LogP contribution in [0.5, 0.6) is 0 Å². The molecule has 6 rings (SSSR count). The van der Waals surface area contributed by atoms with Gasteiger partial charge in [0.25, 0.3) is 0 Å². The Morgan fingerprint density at radius 1 is 0.938 bits per heavy atom. The van der Waals surface area contributed by atoms with E-state index in [9.17, 15) is 4.79 Å². The second-order valence-electron chi connectivity index (χ2n) is 7.98. The number of para-hydroxylation sites is 1. The van der Waals surface area contributed by atoms with Crippen LogP contribution in [0.3, 0.4) is 0 Å². The number of benzene rings is 2. The van der Waals surface area contributed by atoms with Crippen molar-refractivity contribution in [3.63, 3.8) is 0 Å². The number of carbonyl (C=O) groups is 1. The highest BCUT2D eigenvalue weighted by Gasteiger charge is 2.29. The predicted molar refractivity (Wildman–Crippen MR) is 123 cm³/mol. The van der Waals surface area contributed by atoms with Crippen LogP contribution in [-0.2, 0) is 17.7 Å². The zero-order valence-electron chi connectivity index (χ0n) is 17.4. The van der Waals surface area contributed by atoms with Crippen molar-refractivity contribution in [3.05, 3.63) is 78.1 Å². The molecule has 7 nitrogen and oxygen atoms in total. The average molecular weight is 423 g/mol. The Balaban J connectivity index is 1.41. The number of carbonyl (C=O) groups excluding carboxylic acids is 1. The molecule has 0 unspecified atom stereocenters. The van der Waals surface area contributed by atoms with Crippen LogP contribution in [0.2, 0.25) is 0 Å². The summed E-state index contributed by atoms with van der Waals surface area (Å²) in [5.74, 6) is 1.59. The largest absolute Gasteiger partial charge is 0.447 e. The van der Waals surface area contributed by atoms with E-state index in [0.29, 0.717) is 19.0 Å². The summed E-state index contributed by atoms with van der Waals surface area (Å²) in [6.07, 6.45) is 4.11. The summed E-state index contributed by atoms with van der Waals surface area (Å²) in [5.41, 5.74) is 5.20. The van der Waals surface area contributed by atoms with Crippen molar-refractivity contribution in [3.8, 4) is 11.4 Å². The van der Waals surface area contributed by atoms with Crippen molar-refractivity contribution in [1.29, 1.82) is 0 Å². The fraction of sp³-hybridized carbons (Fsp3) is 0.200. The monoisotopic (exact) mass is 423 g/mol. The normalized spacial score (nSPS) is 15.7. The molecule has 7 heteroatoms. The number of pyridine rings is 1. The van der Waals surface area contributed by atoms with E-state index >= 15 is 0 Å². The number of cyclic esters (lactones) is 1. The number of rotatable bonds is 3. The molecule has 4 heterocycles. The van der Waals surface area contributed by atoms with Gasteiger partial charge in [-0.3, -0.25) is 9.88 Å². The van der Waals surface area contributed by atoms with Crippen LogP contribution < -0.4 is 9.80 Å². The standard InChI is InChI=1S/C25H21N5O2/c31-25-30(13-14-32-25)22-9-3-5-18-16-29(12-10-19(18)22)24-20-7-1-2-8-21(20)27-23(28-24)17-6-4-11-26-15-17/h1-9,11,15H,10,12-14,16H2. The van der Waals surface area contributed by atoms with Crippen molar-refractivity contribution in [2.24, 2.45) is 0 Å². The molecule has 2 aromatic heterocycles. The predicted octanol–water partition coefficient (Wildman–Crippen LogP) is 4.21. The number of hydrogen-bond donors (Lipinski definition) is 0. The summed E-state index contributed by atoms with van der Waals surface area (Å²) >= 11 is 0. The molecule has 2 aliphatic rings. The molecule has 0 aliphatic carbocycles. The van der Waals surface area contributed by atoms with E-state index in [1.807, 2.05) is 42.5 Å². The molecule has 0 atom stereocenters. The second kappa shape index (κ2) is 7.60. The van der Waals surface area contributed by atoms with E-state index in [4.69, 9.17) is 14.7 Å². The Bertz CT molecular complexity index is 1320. The molecule has 1 fully saturated rings. The summed E-state index contributed by atoms with van der Waals surface area (Å²) in [5, 5.41) is 1.03. The number of fused-ring (bicyclic) bond motifs is 2. The third kappa shape index (κ3) is 3.13. The molecular formula is C25H21N5O2. The molecule has 32 heavy (non-hydrogen) atoms. The molecular weight excluding hydrogens is 402 g/mol. The van der Waals surface area contributed by atoms with Crippen LogP contribution in [-0.4, -0.2) is 40.7 Å². The topological polar surface area (TPSA) is 71.5 Å². The summed E-state index contributed by atoms with van der Waals surface area (Å²) in [6.45, 7) is 2.57. The van der Waals surface area contributed by atoms with Gasteiger partial charge in [0.15, 0.2) is 5.82 Å². The van der Waals surface area contributed by atoms with Gasteiger partial charge in [0, 0.05) is 36.4 Å². The molecule has 0 bridgehead atoms. The lowest BCUT2D eigenvalue weighted by Crippen LogP contribution is -2.33.